The molecule has 1 aliphatic heterocycles. The molecule has 1 unspecified atom stereocenters. The monoisotopic (exact) mass is 383 g/mol. The van der Waals surface area contributed by atoms with Gasteiger partial charge in [-0.2, -0.15) is 0 Å². The Hall–Kier alpha value is -3.16. The van der Waals surface area contributed by atoms with Gasteiger partial charge >= 0.3 is 12.0 Å². The summed E-state index contributed by atoms with van der Waals surface area (Å²) in [5.74, 6) is -0.0638. The molecule has 0 bridgehead atoms. The average Bonchev–Trinajstić information content (AvgIpc) is 2.73. The van der Waals surface area contributed by atoms with Crippen molar-refractivity contribution in [2.75, 3.05) is 18.0 Å². The number of carbonyl (C=O) groups excluding carboxylic acids is 1. The zero-order valence-corrected chi connectivity index (χ0v) is 15.9. The SMILES string of the molecule is CCc1cc(N2CCCC(NC(=O)NCc3ccc(C(=O)O)cc3)C2)ncn1. The average molecular weight is 383 g/mol. The summed E-state index contributed by atoms with van der Waals surface area (Å²) in [5, 5.41) is 14.8. The van der Waals surface area contributed by atoms with Gasteiger partial charge in [0.15, 0.2) is 0 Å². The predicted molar refractivity (Wildman–Crippen MR) is 105 cm³/mol. The van der Waals surface area contributed by atoms with Crippen LogP contribution in [0.25, 0.3) is 0 Å². The number of nitrogens with zero attached hydrogens (tertiary/aromatic N) is 3. The first-order chi connectivity index (χ1) is 13.5. The molecule has 2 amide bonds. The summed E-state index contributed by atoms with van der Waals surface area (Å²) < 4.78 is 0. The molecule has 1 aliphatic rings. The number of aromatic carboxylic acids is 1. The lowest BCUT2D eigenvalue weighted by atomic mass is 10.1. The second kappa shape index (κ2) is 9.16. The fourth-order valence-electron chi connectivity index (χ4n) is 3.24. The van der Waals surface area contributed by atoms with Crippen LogP contribution >= 0.6 is 0 Å². The summed E-state index contributed by atoms with van der Waals surface area (Å²) in [6, 6.07) is 8.28. The highest BCUT2D eigenvalue weighted by Crippen LogP contribution is 2.18. The topological polar surface area (TPSA) is 107 Å². The Morgan fingerprint density at radius 2 is 2.04 bits per heavy atom. The lowest BCUT2D eigenvalue weighted by molar-refractivity contribution is 0.0697. The molecule has 0 spiro atoms. The van der Waals surface area contributed by atoms with E-state index in [9.17, 15) is 9.59 Å². The van der Waals surface area contributed by atoms with E-state index in [0.717, 1.165) is 42.9 Å². The van der Waals surface area contributed by atoms with Crippen molar-refractivity contribution in [3.8, 4) is 0 Å². The molecule has 0 saturated carbocycles. The standard InChI is InChI=1S/C20H25N5O3/c1-2-16-10-18(23-13-22-16)25-9-3-4-17(12-25)24-20(28)21-11-14-5-7-15(8-6-14)19(26)27/h5-8,10,13,17H,2-4,9,11-12H2,1H3,(H,26,27)(H2,21,24,28). The Kier molecular flexibility index (Phi) is 6.41. The molecule has 148 valence electrons. The van der Waals surface area contributed by atoms with E-state index >= 15 is 0 Å². The maximum Gasteiger partial charge on any atom is 0.335 e. The normalized spacial score (nSPS) is 16.5. The quantitative estimate of drug-likeness (QED) is 0.706. The van der Waals surface area contributed by atoms with E-state index in [2.05, 4.69) is 32.4 Å². The lowest BCUT2D eigenvalue weighted by Crippen LogP contribution is -2.50. The number of carboxylic acids is 1. The van der Waals surface area contributed by atoms with Gasteiger partial charge in [0.2, 0.25) is 0 Å². The van der Waals surface area contributed by atoms with Crippen molar-refractivity contribution >= 4 is 17.8 Å². The summed E-state index contributed by atoms with van der Waals surface area (Å²) in [6.07, 6.45) is 4.35. The molecule has 1 saturated heterocycles. The van der Waals surface area contributed by atoms with Crippen molar-refractivity contribution in [3.63, 3.8) is 0 Å². The fraction of sp³-hybridized carbons (Fsp3) is 0.400. The minimum atomic E-state index is -0.964. The number of aryl methyl sites for hydroxylation is 1. The van der Waals surface area contributed by atoms with Gasteiger partial charge in [-0.3, -0.25) is 0 Å². The number of carbonyl (C=O) groups is 2. The Bertz CT molecular complexity index is 825. The molecule has 1 fully saturated rings. The molecule has 8 heteroatoms. The number of carboxylic acid groups (broad SMARTS) is 1. The predicted octanol–water partition coefficient (Wildman–Crippen LogP) is 2.21. The maximum absolute atomic E-state index is 12.2. The fourth-order valence-corrected chi connectivity index (χ4v) is 3.24. The second-order valence-electron chi connectivity index (χ2n) is 6.84. The molecule has 3 N–H and O–H groups in total. The van der Waals surface area contributed by atoms with Crippen molar-refractivity contribution < 1.29 is 14.7 Å². The van der Waals surface area contributed by atoms with Crippen LogP contribution in [0.1, 0.15) is 41.4 Å². The highest BCUT2D eigenvalue weighted by atomic mass is 16.4. The van der Waals surface area contributed by atoms with Gasteiger partial charge in [0, 0.05) is 37.4 Å². The molecule has 0 aliphatic carbocycles. The number of amides is 2. The molecule has 3 rings (SSSR count). The van der Waals surface area contributed by atoms with E-state index < -0.39 is 5.97 Å². The van der Waals surface area contributed by atoms with Gasteiger partial charge < -0.3 is 20.6 Å². The molecular weight excluding hydrogens is 358 g/mol. The van der Waals surface area contributed by atoms with E-state index in [1.54, 1.807) is 18.5 Å². The summed E-state index contributed by atoms with van der Waals surface area (Å²) in [6.45, 7) is 4.02. The third-order valence-electron chi connectivity index (χ3n) is 4.81. The summed E-state index contributed by atoms with van der Waals surface area (Å²) >= 11 is 0. The van der Waals surface area contributed by atoms with Crippen molar-refractivity contribution in [2.45, 2.75) is 38.8 Å². The summed E-state index contributed by atoms with van der Waals surface area (Å²) in [5.41, 5.74) is 2.08. The van der Waals surface area contributed by atoms with Gasteiger partial charge in [0.05, 0.1) is 5.56 Å². The third-order valence-corrected chi connectivity index (χ3v) is 4.81. The van der Waals surface area contributed by atoms with Crippen LogP contribution in [0, 0.1) is 0 Å². The van der Waals surface area contributed by atoms with Crippen LogP contribution in [0.3, 0.4) is 0 Å². The molecule has 0 radical (unpaired) electrons. The van der Waals surface area contributed by atoms with Crippen LogP contribution in [-0.2, 0) is 13.0 Å². The molecule has 2 heterocycles. The molecule has 2 aromatic rings. The summed E-state index contributed by atoms with van der Waals surface area (Å²) in [4.78, 5) is 33.9. The minimum Gasteiger partial charge on any atom is -0.478 e. The Balaban J connectivity index is 1.50. The van der Waals surface area contributed by atoms with Crippen LogP contribution in [-0.4, -0.2) is 46.2 Å². The van der Waals surface area contributed by atoms with Gasteiger partial charge in [0.1, 0.15) is 12.1 Å². The van der Waals surface area contributed by atoms with Crippen molar-refractivity contribution in [3.05, 3.63) is 53.5 Å². The largest absolute Gasteiger partial charge is 0.478 e. The molecule has 1 aromatic carbocycles. The van der Waals surface area contributed by atoms with Crippen LogP contribution in [0.4, 0.5) is 10.6 Å². The van der Waals surface area contributed by atoms with E-state index in [-0.39, 0.29) is 17.6 Å². The minimum absolute atomic E-state index is 0.0446. The van der Waals surface area contributed by atoms with Gasteiger partial charge in [-0.1, -0.05) is 19.1 Å². The van der Waals surface area contributed by atoms with Crippen LogP contribution in [0.5, 0.6) is 0 Å². The number of hydrogen-bond donors (Lipinski definition) is 3. The third kappa shape index (κ3) is 5.18. The summed E-state index contributed by atoms with van der Waals surface area (Å²) in [7, 11) is 0. The molecule has 1 aromatic heterocycles. The highest BCUT2D eigenvalue weighted by Gasteiger charge is 2.22. The van der Waals surface area contributed by atoms with Gasteiger partial charge in [-0.25, -0.2) is 19.6 Å². The first-order valence-corrected chi connectivity index (χ1v) is 9.47. The molecular formula is C20H25N5O3. The molecule has 8 nitrogen and oxygen atoms in total. The lowest BCUT2D eigenvalue weighted by Gasteiger charge is -2.34. The highest BCUT2D eigenvalue weighted by molar-refractivity contribution is 5.87. The van der Waals surface area contributed by atoms with E-state index in [1.807, 2.05) is 6.07 Å². The van der Waals surface area contributed by atoms with E-state index in [4.69, 9.17) is 5.11 Å². The first kappa shape index (κ1) is 19.6. The number of hydrogen-bond acceptors (Lipinski definition) is 5. The Morgan fingerprint density at radius 3 is 2.75 bits per heavy atom. The number of aromatic nitrogens is 2. The van der Waals surface area contributed by atoms with Crippen LogP contribution < -0.4 is 15.5 Å². The number of nitrogens with one attached hydrogen (secondary N) is 2. The number of urea groups is 1. The maximum atomic E-state index is 12.2. The number of benzene rings is 1. The van der Waals surface area contributed by atoms with Crippen molar-refractivity contribution in [1.29, 1.82) is 0 Å². The van der Waals surface area contributed by atoms with E-state index in [1.165, 1.54) is 12.1 Å². The Labute approximate surface area is 164 Å². The van der Waals surface area contributed by atoms with Gasteiger partial charge in [-0.15, -0.1) is 0 Å². The van der Waals surface area contributed by atoms with E-state index in [0.29, 0.717) is 13.1 Å². The number of anilines is 1. The van der Waals surface area contributed by atoms with Gasteiger partial charge in [-0.05, 0) is 37.0 Å². The van der Waals surface area contributed by atoms with Gasteiger partial charge in [0.25, 0.3) is 0 Å². The van der Waals surface area contributed by atoms with Crippen molar-refractivity contribution in [2.24, 2.45) is 0 Å². The Morgan fingerprint density at radius 1 is 1.25 bits per heavy atom. The second-order valence-corrected chi connectivity index (χ2v) is 6.84. The molecule has 1 atom stereocenters. The van der Waals surface area contributed by atoms with Crippen molar-refractivity contribution in [1.82, 2.24) is 20.6 Å². The number of rotatable bonds is 6. The number of piperidine rings is 1. The van der Waals surface area contributed by atoms with Crippen LogP contribution in [0.15, 0.2) is 36.7 Å². The smallest absolute Gasteiger partial charge is 0.335 e. The molecule has 28 heavy (non-hydrogen) atoms. The van der Waals surface area contributed by atoms with Crippen LogP contribution in [0.2, 0.25) is 0 Å². The zero-order chi connectivity index (χ0) is 19.9. The first-order valence-electron chi connectivity index (χ1n) is 9.47. The zero-order valence-electron chi connectivity index (χ0n) is 15.9.